The average Bonchev–Trinajstić information content (AvgIpc) is 2.29. The molecule has 0 aromatic rings. The number of esters is 1. The van der Waals surface area contributed by atoms with Crippen LogP contribution in [-0.2, 0) is 9.53 Å². The van der Waals surface area contributed by atoms with E-state index in [0.29, 0.717) is 19.1 Å². The van der Waals surface area contributed by atoms with Gasteiger partial charge in [0, 0.05) is 6.54 Å². The molecule has 0 bridgehead atoms. The molecule has 1 saturated heterocycles. The van der Waals surface area contributed by atoms with Gasteiger partial charge in [0.15, 0.2) is 0 Å². The molecule has 106 valence electrons. The summed E-state index contributed by atoms with van der Waals surface area (Å²) >= 11 is 0. The number of aliphatic hydroxyl groups excluding tert-OH is 2. The molecule has 0 aliphatic carbocycles. The standard InChI is InChI=1S/C13H25NO4/c1-3-18-13(17)8-12(16)9-14-6-4-11(5-7-14)10(2)15/h10-12,15-16H,3-9H2,1-2H3. The van der Waals surface area contributed by atoms with E-state index in [4.69, 9.17) is 4.74 Å². The molecule has 5 heteroatoms. The number of carbonyl (C=O) groups is 1. The van der Waals surface area contributed by atoms with E-state index in [1.54, 1.807) is 6.92 Å². The number of β-amino-alcohol motifs (C(OH)–C–C–N with tert-alkyl or cyclic N) is 1. The normalized spacial score (nSPS) is 21.6. The molecule has 0 spiro atoms. The Morgan fingerprint density at radius 3 is 2.50 bits per heavy atom. The molecule has 1 fully saturated rings. The first-order valence-electron chi connectivity index (χ1n) is 6.77. The number of ether oxygens (including phenoxy) is 1. The first kappa shape index (κ1) is 15.4. The van der Waals surface area contributed by atoms with Crippen LogP contribution >= 0.6 is 0 Å². The van der Waals surface area contributed by atoms with E-state index in [2.05, 4.69) is 4.90 Å². The Morgan fingerprint density at radius 1 is 1.39 bits per heavy atom. The van der Waals surface area contributed by atoms with Gasteiger partial charge in [0.1, 0.15) is 0 Å². The van der Waals surface area contributed by atoms with Gasteiger partial charge in [-0.3, -0.25) is 4.79 Å². The van der Waals surface area contributed by atoms with Crippen molar-refractivity contribution >= 4 is 5.97 Å². The van der Waals surface area contributed by atoms with E-state index in [1.807, 2.05) is 6.92 Å². The SMILES string of the molecule is CCOC(=O)CC(O)CN1CCC(C(C)O)CC1. The van der Waals surface area contributed by atoms with Crippen molar-refractivity contribution in [1.29, 1.82) is 0 Å². The van der Waals surface area contributed by atoms with Crippen molar-refractivity contribution in [1.82, 2.24) is 4.90 Å². The van der Waals surface area contributed by atoms with Crippen molar-refractivity contribution in [2.45, 2.75) is 45.3 Å². The molecular formula is C13H25NO4. The lowest BCUT2D eigenvalue weighted by Gasteiger charge is -2.34. The Labute approximate surface area is 109 Å². The van der Waals surface area contributed by atoms with Gasteiger partial charge in [-0.05, 0) is 45.7 Å². The summed E-state index contributed by atoms with van der Waals surface area (Å²) in [4.78, 5) is 13.3. The highest BCUT2D eigenvalue weighted by atomic mass is 16.5. The Morgan fingerprint density at radius 2 is 2.00 bits per heavy atom. The first-order valence-corrected chi connectivity index (χ1v) is 6.77. The van der Waals surface area contributed by atoms with Crippen LogP contribution in [0.3, 0.4) is 0 Å². The Balaban J connectivity index is 2.22. The van der Waals surface area contributed by atoms with Crippen molar-refractivity contribution in [2.24, 2.45) is 5.92 Å². The zero-order valence-corrected chi connectivity index (χ0v) is 11.3. The monoisotopic (exact) mass is 259 g/mol. The van der Waals surface area contributed by atoms with Crippen molar-refractivity contribution in [2.75, 3.05) is 26.2 Å². The number of aliphatic hydroxyl groups is 2. The number of carbonyl (C=O) groups excluding carboxylic acids is 1. The third kappa shape index (κ3) is 5.33. The Bertz CT molecular complexity index is 249. The minimum Gasteiger partial charge on any atom is -0.466 e. The fraction of sp³-hybridized carbons (Fsp3) is 0.923. The van der Waals surface area contributed by atoms with Crippen molar-refractivity contribution < 1.29 is 19.7 Å². The molecule has 5 nitrogen and oxygen atoms in total. The second-order valence-electron chi connectivity index (χ2n) is 5.04. The van der Waals surface area contributed by atoms with Crippen LogP contribution in [0.5, 0.6) is 0 Å². The molecule has 1 rings (SSSR count). The van der Waals surface area contributed by atoms with E-state index in [-0.39, 0.29) is 18.5 Å². The van der Waals surface area contributed by atoms with Crippen LogP contribution in [0.25, 0.3) is 0 Å². The lowest BCUT2D eigenvalue weighted by molar-refractivity contribution is -0.145. The van der Waals surface area contributed by atoms with Crippen LogP contribution in [0, 0.1) is 5.92 Å². The Kier molecular flexibility index (Phi) is 6.60. The second kappa shape index (κ2) is 7.71. The number of rotatable bonds is 6. The molecule has 0 amide bonds. The lowest BCUT2D eigenvalue weighted by atomic mass is 9.92. The maximum absolute atomic E-state index is 11.2. The fourth-order valence-corrected chi connectivity index (χ4v) is 2.39. The van der Waals surface area contributed by atoms with Crippen molar-refractivity contribution in [3.8, 4) is 0 Å². The number of piperidine rings is 1. The first-order chi connectivity index (χ1) is 8.52. The molecule has 0 saturated carbocycles. The highest BCUT2D eigenvalue weighted by Gasteiger charge is 2.24. The number of hydrogen-bond donors (Lipinski definition) is 2. The summed E-state index contributed by atoms with van der Waals surface area (Å²) in [7, 11) is 0. The summed E-state index contributed by atoms with van der Waals surface area (Å²) < 4.78 is 4.80. The fourth-order valence-electron chi connectivity index (χ4n) is 2.39. The van der Waals surface area contributed by atoms with E-state index in [1.165, 1.54) is 0 Å². The predicted octanol–water partition coefficient (Wildman–Crippen LogP) is 0.393. The topological polar surface area (TPSA) is 70.0 Å². The quantitative estimate of drug-likeness (QED) is 0.675. The zero-order valence-electron chi connectivity index (χ0n) is 11.3. The molecule has 2 unspecified atom stereocenters. The van der Waals surface area contributed by atoms with Gasteiger partial charge in [0.2, 0.25) is 0 Å². The van der Waals surface area contributed by atoms with E-state index in [9.17, 15) is 15.0 Å². The average molecular weight is 259 g/mol. The third-order valence-electron chi connectivity index (χ3n) is 3.49. The molecule has 18 heavy (non-hydrogen) atoms. The Hall–Kier alpha value is -0.650. The van der Waals surface area contributed by atoms with Gasteiger partial charge >= 0.3 is 5.97 Å². The second-order valence-corrected chi connectivity index (χ2v) is 5.04. The molecule has 1 aliphatic heterocycles. The van der Waals surface area contributed by atoms with Crippen LogP contribution in [-0.4, -0.2) is 59.5 Å². The minimum atomic E-state index is -0.660. The summed E-state index contributed by atoms with van der Waals surface area (Å²) in [5.74, 6) is 0.0207. The van der Waals surface area contributed by atoms with Gasteiger partial charge in [-0.1, -0.05) is 0 Å². The molecule has 1 heterocycles. The molecule has 2 atom stereocenters. The van der Waals surface area contributed by atoms with Gasteiger partial charge < -0.3 is 19.8 Å². The molecule has 0 aromatic carbocycles. The number of hydrogen-bond acceptors (Lipinski definition) is 5. The maximum Gasteiger partial charge on any atom is 0.308 e. The van der Waals surface area contributed by atoms with Crippen LogP contribution in [0.4, 0.5) is 0 Å². The van der Waals surface area contributed by atoms with Crippen LogP contribution in [0.15, 0.2) is 0 Å². The van der Waals surface area contributed by atoms with E-state index in [0.717, 1.165) is 25.9 Å². The van der Waals surface area contributed by atoms with Gasteiger partial charge in [-0.25, -0.2) is 0 Å². The number of nitrogens with zero attached hydrogens (tertiary/aromatic N) is 1. The highest BCUT2D eigenvalue weighted by molar-refractivity contribution is 5.69. The predicted molar refractivity (Wildman–Crippen MR) is 68.1 cm³/mol. The summed E-state index contributed by atoms with van der Waals surface area (Å²) in [5, 5.41) is 19.3. The van der Waals surface area contributed by atoms with Crippen LogP contribution in [0.2, 0.25) is 0 Å². The maximum atomic E-state index is 11.2. The summed E-state index contributed by atoms with van der Waals surface area (Å²) in [6.45, 7) is 6.18. The van der Waals surface area contributed by atoms with Gasteiger partial charge in [-0.2, -0.15) is 0 Å². The van der Waals surface area contributed by atoms with Gasteiger partial charge in [-0.15, -0.1) is 0 Å². The van der Waals surface area contributed by atoms with Crippen molar-refractivity contribution in [3.05, 3.63) is 0 Å². The van der Waals surface area contributed by atoms with E-state index < -0.39 is 6.10 Å². The largest absolute Gasteiger partial charge is 0.466 e. The molecule has 0 aromatic heterocycles. The summed E-state index contributed by atoms with van der Waals surface area (Å²) in [6.07, 6.45) is 1.04. The van der Waals surface area contributed by atoms with Crippen LogP contribution in [0.1, 0.15) is 33.1 Å². The van der Waals surface area contributed by atoms with E-state index >= 15 is 0 Å². The molecule has 2 N–H and O–H groups in total. The number of likely N-dealkylation sites (tertiary alicyclic amines) is 1. The molecular weight excluding hydrogens is 234 g/mol. The minimum absolute atomic E-state index is 0.0597. The molecule has 1 aliphatic rings. The zero-order chi connectivity index (χ0) is 13.5. The van der Waals surface area contributed by atoms with Crippen molar-refractivity contribution in [3.63, 3.8) is 0 Å². The lowest BCUT2D eigenvalue weighted by Crippen LogP contribution is -2.41. The van der Waals surface area contributed by atoms with Crippen LogP contribution < -0.4 is 0 Å². The highest BCUT2D eigenvalue weighted by Crippen LogP contribution is 2.20. The van der Waals surface area contributed by atoms with Gasteiger partial charge in [0.25, 0.3) is 0 Å². The molecule has 0 radical (unpaired) electrons. The third-order valence-corrected chi connectivity index (χ3v) is 3.49. The van der Waals surface area contributed by atoms with Gasteiger partial charge in [0.05, 0.1) is 25.2 Å². The summed E-state index contributed by atoms with van der Waals surface area (Å²) in [6, 6.07) is 0. The summed E-state index contributed by atoms with van der Waals surface area (Å²) in [5.41, 5.74) is 0. The smallest absolute Gasteiger partial charge is 0.308 e.